The molecule has 0 aliphatic rings. The number of rotatable bonds is 8. The van der Waals surface area contributed by atoms with Crippen LogP contribution in [0.3, 0.4) is 0 Å². The van der Waals surface area contributed by atoms with Gasteiger partial charge in [0.15, 0.2) is 5.69 Å². The molecule has 0 bridgehead atoms. The van der Waals surface area contributed by atoms with Crippen molar-refractivity contribution < 1.29 is 13.2 Å². The van der Waals surface area contributed by atoms with Gasteiger partial charge in [-0.05, 0) is 35.9 Å². The fourth-order valence-corrected chi connectivity index (χ4v) is 5.34. The molecule has 1 heterocycles. The Balaban J connectivity index is 1.66. The summed E-state index contributed by atoms with van der Waals surface area (Å²) in [6.45, 7) is 4.53. The number of benzene rings is 3. The number of anilines is 1. The van der Waals surface area contributed by atoms with Gasteiger partial charge in [-0.25, -0.2) is 13.1 Å². The lowest BCUT2D eigenvalue weighted by atomic mass is 10.1. The highest BCUT2D eigenvalue weighted by molar-refractivity contribution is 7.89. The Morgan fingerprint density at radius 3 is 2.11 bits per heavy atom. The van der Waals surface area contributed by atoms with Gasteiger partial charge in [0.25, 0.3) is 11.5 Å². The van der Waals surface area contributed by atoms with Crippen molar-refractivity contribution in [2.75, 3.05) is 18.4 Å². The van der Waals surface area contributed by atoms with Crippen LogP contribution >= 0.6 is 0 Å². The molecule has 3 aromatic carbocycles. The first-order valence-corrected chi connectivity index (χ1v) is 12.7. The third kappa shape index (κ3) is 5.01. The molecule has 0 unspecified atom stereocenters. The van der Waals surface area contributed by atoms with E-state index >= 15 is 0 Å². The molecule has 1 aromatic heterocycles. The molecule has 35 heavy (non-hydrogen) atoms. The van der Waals surface area contributed by atoms with Crippen LogP contribution in [0.4, 0.5) is 5.69 Å². The van der Waals surface area contributed by atoms with E-state index in [1.54, 1.807) is 38.1 Å². The summed E-state index contributed by atoms with van der Waals surface area (Å²) < 4.78 is 28.1. The molecule has 0 radical (unpaired) electrons. The molecule has 180 valence electrons. The second-order valence-corrected chi connectivity index (χ2v) is 9.85. The zero-order chi connectivity index (χ0) is 25.0. The van der Waals surface area contributed by atoms with Crippen molar-refractivity contribution in [3.8, 4) is 0 Å². The summed E-state index contributed by atoms with van der Waals surface area (Å²) in [4.78, 5) is 26.4. The first-order valence-electron chi connectivity index (χ1n) is 11.3. The Kier molecular flexibility index (Phi) is 7.09. The van der Waals surface area contributed by atoms with Gasteiger partial charge >= 0.3 is 0 Å². The summed E-state index contributed by atoms with van der Waals surface area (Å²) in [7, 11) is -3.60. The summed E-state index contributed by atoms with van der Waals surface area (Å²) >= 11 is 0. The van der Waals surface area contributed by atoms with Gasteiger partial charge in [0.1, 0.15) is 0 Å². The largest absolute Gasteiger partial charge is 0.321 e. The number of hydrogen-bond donors (Lipinski definition) is 1. The molecule has 0 aliphatic carbocycles. The number of carbonyl (C=O) groups is 1. The molecule has 0 saturated carbocycles. The molecule has 0 atom stereocenters. The highest BCUT2D eigenvalue weighted by Crippen LogP contribution is 2.20. The summed E-state index contributed by atoms with van der Waals surface area (Å²) in [5.41, 5.74) is 1.12. The van der Waals surface area contributed by atoms with Crippen LogP contribution < -0.4 is 10.9 Å². The predicted octanol–water partition coefficient (Wildman–Crippen LogP) is 3.73. The van der Waals surface area contributed by atoms with Gasteiger partial charge in [-0.3, -0.25) is 9.59 Å². The number of amides is 1. The molecule has 0 fully saturated rings. The van der Waals surface area contributed by atoms with Crippen molar-refractivity contribution >= 4 is 32.4 Å². The summed E-state index contributed by atoms with van der Waals surface area (Å²) in [5.74, 6) is -0.498. The van der Waals surface area contributed by atoms with E-state index < -0.39 is 15.9 Å². The Morgan fingerprint density at radius 2 is 1.49 bits per heavy atom. The lowest BCUT2D eigenvalue weighted by Crippen LogP contribution is -2.30. The topological polar surface area (TPSA) is 101 Å². The fourth-order valence-electron chi connectivity index (χ4n) is 3.88. The van der Waals surface area contributed by atoms with Crippen molar-refractivity contribution in [1.29, 1.82) is 0 Å². The van der Waals surface area contributed by atoms with E-state index in [0.29, 0.717) is 29.5 Å². The molecular weight excluding hydrogens is 464 g/mol. The number of nitrogens with zero attached hydrogens (tertiary/aromatic N) is 3. The van der Waals surface area contributed by atoms with E-state index in [0.717, 1.165) is 5.56 Å². The number of carbonyl (C=O) groups excluding carboxylic acids is 1. The molecule has 4 aromatic rings. The minimum atomic E-state index is -3.60. The van der Waals surface area contributed by atoms with Crippen LogP contribution in [0, 0.1) is 0 Å². The lowest BCUT2D eigenvalue weighted by Gasteiger charge is -2.18. The Hall–Kier alpha value is -3.82. The van der Waals surface area contributed by atoms with Crippen LogP contribution in [0.5, 0.6) is 0 Å². The van der Waals surface area contributed by atoms with Crippen molar-refractivity contribution in [1.82, 2.24) is 14.1 Å². The van der Waals surface area contributed by atoms with Crippen LogP contribution in [0.2, 0.25) is 0 Å². The number of sulfonamides is 1. The first kappa shape index (κ1) is 24.3. The zero-order valence-electron chi connectivity index (χ0n) is 19.5. The second kappa shape index (κ2) is 10.2. The third-order valence-corrected chi connectivity index (χ3v) is 7.78. The molecule has 8 nitrogen and oxygen atoms in total. The van der Waals surface area contributed by atoms with E-state index in [1.807, 2.05) is 30.3 Å². The maximum absolute atomic E-state index is 13.2. The van der Waals surface area contributed by atoms with Crippen molar-refractivity contribution in [3.05, 3.63) is 100 Å². The Bertz CT molecular complexity index is 1510. The lowest BCUT2D eigenvalue weighted by molar-refractivity contribution is 0.102. The van der Waals surface area contributed by atoms with E-state index in [9.17, 15) is 18.0 Å². The minimum absolute atomic E-state index is 0.107. The predicted molar refractivity (Wildman–Crippen MR) is 136 cm³/mol. The second-order valence-electron chi connectivity index (χ2n) is 7.91. The van der Waals surface area contributed by atoms with Crippen LogP contribution in [-0.4, -0.2) is 41.5 Å². The van der Waals surface area contributed by atoms with Crippen molar-refractivity contribution in [2.24, 2.45) is 0 Å². The highest BCUT2D eigenvalue weighted by Gasteiger charge is 2.22. The van der Waals surface area contributed by atoms with Crippen LogP contribution in [0.25, 0.3) is 10.8 Å². The monoisotopic (exact) mass is 490 g/mol. The summed E-state index contributed by atoms with van der Waals surface area (Å²) in [5, 5.41) is 7.99. The zero-order valence-corrected chi connectivity index (χ0v) is 20.3. The normalized spacial score (nSPS) is 11.6. The standard InChI is InChI=1S/C26H26N4O4S/c1-3-29(4-2)35(33,34)21-16-14-20(15-17-21)27-25(31)24-22-12-8-9-13-23(22)26(32)30(28-24)18-19-10-6-5-7-11-19/h5-17H,3-4,18H2,1-2H3,(H,27,31). The molecule has 1 N–H and O–H groups in total. The SMILES string of the molecule is CCN(CC)S(=O)(=O)c1ccc(NC(=O)c2nn(Cc3ccccc3)c(=O)c3ccccc23)cc1. The Morgan fingerprint density at radius 1 is 0.886 bits per heavy atom. The molecule has 0 saturated heterocycles. The van der Waals surface area contributed by atoms with Gasteiger partial charge in [-0.15, -0.1) is 0 Å². The van der Waals surface area contributed by atoms with Gasteiger partial charge in [-0.1, -0.05) is 62.4 Å². The number of nitrogens with one attached hydrogen (secondary N) is 1. The summed E-state index contributed by atoms with van der Waals surface area (Å²) in [6, 6.07) is 22.3. The number of hydrogen-bond acceptors (Lipinski definition) is 5. The maximum Gasteiger partial charge on any atom is 0.276 e. The highest BCUT2D eigenvalue weighted by atomic mass is 32.2. The van der Waals surface area contributed by atoms with Gasteiger partial charge in [0, 0.05) is 24.2 Å². The minimum Gasteiger partial charge on any atom is -0.321 e. The molecular formula is C26H26N4O4S. The van der Waals surface area contributed by atoms with E-state index in [2.05, 4.69) is 10.4 Å². The van der Waals surface area contributed by atoms with Gasteiger partial charge < -0.3 is 5.32 Å². The first-order chi connectivity index (χ1) is 16.8. The summed E-state index contributed by atoms with van der Waals surface area (Å²) in [6.07, 6.45) is 0. The van der Waals surface area contributed by atoms with Gasteiger partial charge in [-0.2, -0.15) is 9.40 Å². The van der Waals surface area contributed by atoms with Crippen LogP contribution in [-0.2, 0) is 16.6 Å². The van der Waals surface area contributed by atoms with Gasteiger partial charge in [0.2, 0.25) is 10.0 Å². The smallest absolute Gasteiger partial charge is 0.276 e. The van der Waals surface area contributed by atoms with E-state index in [-0.39, 0.29) is 22.7 Å². The molecule has 0 aliphatic heterocycles. The molecule has 1 amide bonds. The quantitative estimate of drug-likeness (QED) is 0.406. The third-order valence-electron chi connectivity index (χ3n) is 5.71. The molecule has 4 rings (SSSR count). The molecule has 9 heteroatoms. The van der Waals surface area contributed by atoms with E-state index in [1.165, 1.54) is 33.3 Å². The molecule has 0 spiro atoms. The van der Waals surface area contributed by atoms with Crippen LogP contribution in [0.15, 0.2) is 88.6 Å². The average Bonchev–Trinajstić information content (AvgIpc) is 2.87. The fraction of sp³-hybridized carbons (Fsp3) is 0.192. The van der Waals surface area contributed by atoms with Gasteiger partial charge in [0.05, 0.1) is 16.8 Å². The Labute approximate surface area is 203 Å². The average molecular weight is 491 g/mol. The van der Waals surface area contributed by atoms with Crippen molar-refractivity contribution in [3.63, 3.8) is 0 Å². The van der Waals surface area contributed by atoms with E-state index in [4.69, 9.17) is 0 Å². The van der Waals surface area contributed by atoms with Crippen molar-refractivity contribution in [2.45, 2.75) is 25.3 Å². The van der Waals surface area contributed by atoms with Crippen LogP contribution in [0.1, 0.15) is 29.9 Å². The number of fused-ring (bicyclic) bond motifs is 1. The number of aromatic nitrogens is 2. The maximum atomic E-state index is 13.2.